The molecule has 8 nitrogen and oxygen atoms in total. The Kier molecular flexibility index (Phi) is 5.97. The number of nitrogens with one attached hydrogen (secondary N) is 1. The number of hydrogen-bond donors (Lipinski definition) is 1. The van der Waals surface area contributed by atoms with Crippen LogP contribution in [0.4, 0.5) is 30.4 Å². The fraction of sp³-hybridized carbons (Fsp3) is 0.333. The first kappa shape index (κ1) is 20.5. The summed E-state index contributed by atoms with van der Waals surface area (Å²) >= 11 is 0. The number of nitro groups is 1. The summed E-state index contributed by atoms with van der Waals surface area (Å²) in [6.07, 6.45) is -3.61. The number of alkyl halides is 3. The van der Waals surface area contributed by atoms with Gasteiger partial charge in [-0.25, -0.2) is 4.98 Å². The number of pyridine rings is 1. The van der Waals surface area contributed by atoms with Crippen LogP contribution >= 0.6 is 0 Å². The summed E-state index contributed by atoms with van der Waals surface area (Å²) in [5, 5.41) is 13.4. The normalized spacial score (nSPS) is 15.2. The van der Waals surface area contributed by atoms with Gasteiger partial charge in [0.1, 0.15) is 5.82 Å². The van der Waals surface area contributed by atoms with E-state index in [2.05, 4.69) is 10.3 Å². The lowest BCUT2D eigenvalue weighted by Gasteiger charge is -2.35. The summed E-state index contributed by atoms with van der Waals surface area (Å²) < 4.78 is 37.9. The number of carbonyl (C=O) groups is 1. The molecule has 0 bridgehead atoms. The van der Waals surface area contributed by atoms with E-state index in [1.165, 1.54) is 24.3 Å². The number of nitro benzene ring substituents is 1. The summed E-state index contributed by atoms with van der Waals surface area (Å²) in [6.45, 7) is 2.21. The SMILES string of the molecule is O=C(CN1CCN(c2ccc(C(F)(F)F)cn2)CC1)Nc1cccc([N+](=O)[O-])c1. The van der Waals surface area contributed by atoms with E-state index in [0.717, 1.165) is 12.3 Å². The van der Waals surface area contributed by atoms with Crippen molar-refractivity contribution in [3.05, 3.63) is 58.3 Å². The smallest absolute Gasteiger partial charge is 0.354 e. The predicted octanol–water partition coefficient (Wildman–Crippen LogP) is 2.77. The molecule has 154 valence electrons. The highest BCUT2D eigenvalue weighted by molar-refractivity contribution is 5.92. The fourth-order valence-electron chi connectivity index (χ4n) is 2.98. The highest BCUT2D eigenvalue weighted by atomic mass is 19.4. The van der Waals surface area contributed by atoms with Crippen LogP contribution in [-0.2, 0) is 11.0 Å². The molecule has 29 heavy (non-hydrogen) atoms. The van der Waals surface area contributed by atoms with Gasteiger partial charge in [0.2, 0.25) is 5.91 Å². The third kappa shape index (κ3) is 5.41. The molecule has 1 fully saturated rings. The van der Waals surface area contributed by atoms with E-state index in [1.807, 2.05) is 9.80 Å². The Morgan fingerprint density at radius 2 is 1.90 bits per heavy atom. The van der Waals surface area contributed by atoms with Crippen molar-refractivity contribution in [2.45, 2.75) is 6.18 Å². The first-order valence-electron chi connectivity index (χ1n) is 8.77. The van der Waals surface area contributed by atoms with E-state index < -0.39 is 16.7 Å². The number of benzene rings is 1. The Morgan fingerprint density at radius 3 is 2.48 bits per heavy atom. The van der Waals surface area contributed by atoms with Crippen molar-refractivity contribution in [2.24, 2.45) is 0 Å². The molecule has 1 aliphatic rings. The zero-order chi connectivity index (χ0) is 21.0. The van der Waals surface area contributed by atoms with Gasteiger partial charge in [0.15, 0.2) is 0 Å². The molecular weight excluding hydrogens is 391 g/mol. The lowest BCUT2D eigenvalue weighted by Crippen LogP contribution is -2.48. The average molecular weight is 409 g/mol. The van der Waals surface area contributed by atoms with E-state index in [1.54, 1.807) is 6.07 Å². The molecule has 1 aromatic carbocycles. The molecule has 1 aliphatic heterocycles. The van der Waals surface area contributed by atoms with E-state index in [9.17, 15) is 28.1 Å². The van der Waals surface area contributed by atoms with Gasteiger partial charge in [-0.1, -0.05) is 6.07 Å². The van der Waals surface area contributed by atoms with Gasteiger partial charge in [0, 0.05) is 50.2 Å². The Balaban J connectivity index is 1.50. The van der Waals surface area contributed by atoms with Crippen LogP contribution in [0.1, 0.15) is 5.56 Å². The van der Waals surface area contributed by atoms with Crippen molar-refractivity contribution in [3.8, 4) is 0 Å². The number of amides is 1. The third-order valence-corrected chi connectivity index (χ3v) is 4.48. The number of hydrogen-bond acceptors (Lipinski definition) is 6. The first-order chi connectivity index (χ1) is 13.7. The zero-order valence-electron chi connectivity index (χ0n) is 15.2. The van der Waals surface area contributed by atoms with Crippen LogP contribution < -0.4 is 10.2 Å². The molecule has 1 aromatic heterocycles. The second-order valence-electron chi connectivity index (χ2n) is 6.52. The summed E-state index contributed by atoms with van der Waals surface area (Å²) in [5.74, 6) is 0.158. The van der Waals surface area contributed by atoms with Crippen LogP contribution in [0.3, 0.4) is 0 Å². The predicted molar refractivity (Wildman–Crippen MR) is 99.6 cm³/mol. The summed E-state index contributed by atoms with van der Waals surface area (Å²) in [5.41, 5.74) is -0.560. The van der Waals surface area contributed by atoms with Crippen molar-refractivity contribution in [1.29, 1.82) is 0 Å². The van der Waals surface area contributed by atoms with E-state index in [4.69, 9.17) is 0 Å². The molecule has 0 spiro atoms. The van der Waals surface area contributed by atoms with Crippen molar-refractivity contribution < 1.29 is 22.9 Å². The topological polar surface area (TPSA) is 91.6 Å². The van der Waals surface area contributed by atoms with Gasteiger partial charge in [-0.05, 0) is 18.2 Å². The van der Waals surface area contributed by atoms with Gasteiger partial charge in [-0.2, -0.15) is 13.2 Å². The summed E-state index contributed by atoms with van der Waals surface area (Å²) in [7, 11) is 0. The maximum Gasteiger partial charge on any atom is 0.417 e. The van der Waals surface area contributed by atoms with Crippen molar-refractivity contribution in [2.75, 3.05) is 42.9 Å². The molecular formula is C18H18F3N5O3. The lowest BCUT2D eigenvalue weighted by molar-refractivity contribution is -0.384. The molecule has 3 rings (SSSR count). The van der Waals surface area contributed by atoms with Crippen molar-refractivity contribution in [1.82, 2.24) is 9.88 Å². The Bertz CT molecular complexity index is 881. The summed E-state index contributed by atoms with van der Waals surface area (Å²) in [6, 6.07) is 8.02. The first-order valence-corrected chi connectivity index (χ1v) is 8.77. The van der Waals surface area contributed by atoms with Gasteiger partial charge in [0.05, 0.1) is 17.0 Å². The minimum Gasteiger partial charge on any atom is -0.354 e. The van der Waals surface area contributed by atoms with Crippen LogP contribution in [0, 0.1) is 10.1 Å². The van der Waals surface area contributed by atoms with Crippen LogP contribution in [0.15, 0.2) is 42.6 Å². The van der Waals surface area contributed by atoms with Crippen molar-refractivity contribution >= 4 is 23.1 Å². The van der Waals surface area contributed by atoms with E-state index in [-0.39, 0.29) is 18.1 Å². The summed E-state index contributed by atoms with van der Waals surface area (Å²) in [4.78, 5) is 30.1. The minimum atomic E-state index is -4.42. The van der Waals surface area contributed by atoms with Gasteiger partial charge in [-0.3, -0.25) is 19.8 Å². The van der Waals surface area contributed by atoms with Gasteiger partial charge in [-0.15, -0.1) is 0 Å². The third-order valence-electron chi connectivity index (χ3n) is 4.48. The second kappa shape index (κ2) is 8.43. The number of rotatable bonds is 5. The average Bonchev–Trinajstić information content (AvgIpc) is 2.68. The molecule has 0 radical (unpaired) electrons. The van der Waals surface area contributed by atoms with Gasteiger partial charge < -0.3 is 10.2 Å². The molecule has 0 aliphatic carbocycles. The standard InChI is InChI=1S/C18H18F3N5O3/c19-18(20,21)13-4-5-16(22-11-13)25-8-6-24(7-9-25)12-17(27)23-14-2-1-3-15(10-14)26(28)29/h1-5,10-11H,6-9,12H2,(H,23,27). The highest BCUT2D eigenvalue weighted by Gasteiger charge is 2.31. The number of anilines is 2. The number of halogens is 3. The minimum absolute atomic E-state index is 0.108. The quantitative estimate of drug-likeness (QED) is 0.603. The largest absolute Gasteiger partial charge is 0.417 e. The van der Waals surface area contributed by atoms with Crippen LogP contribution in [0.25, 0.3) is 0 Å². The molecule has 2 heterocycles. The monoisotopic (exact) mass is 409 g/mol. The Hall–Kier alpha value is -3.21. The van der Waals surface area contributed by atoms with Crippen molar-refractivity contribution in [3.63, 3.8) is 0 Å². The highest BCUT2D eigenvalue weighted by Crippen LogP contribution is 2.29. The molecule has 2 aromatic rings. The molecule has 1 N–H and O–H groups in total. The van der Waals surface area contributed by atoms with Crippen LogP contribution in [-0.4, -0.2) is 53.4 Å². The van der Waals surface area contributed by atoms with Gasteiger partial charge in [0.25, 0.3) is 5.69 Å². The Morgan fingerprint density at radius 1 is 1.17 bits per heavy atom. The number of nitrogens with zero attached hydrogens (tertiary/aromatic N) is 4. The lowest BCUT2D eigenvalue weighted by atomic mass is 10.2. The van der Waals surface area contributed by atoms with Crippen LogP contribution in [0.2, 0.25) is 0 Å². The number of carbonyl (C=O) groups excluding carboxylic acids is 1. The maximum absolute atomic E-state index is 12.6. The van der Waals surface area contributed by atoms with Gasteiger partial charge >= 0.3 is 6.18 Å². The fourth-order valence-corrected chi connectivity index (χ4v) is 2.98. The molecule has 1 amide bonds. The number of piperazine rings is 1. The van der Waals surface area contributed by atoms with E-state index >= 15 is 0 Å². The molecule has 0 atom stereocenters. The second-order valence-corrected chi connectivity index (χ2v) is 6.52. The molecule has 1 saturated heterocycles. The molecule has 11 heteroatoms. The molecule has 0 unspecified atom stereocenters. The Labute approximate surface area is 164 Å². The number of non-ortho nitro benzene ring substituents is 1. The van der Waals surface area contributed by atoms with E-state index in [0.29, 0.717) is 37.7 Å². The maximum atomic E-state index is 12.6. The molecule has 0 saturated carbocycles. The van der Waals surface area contributed by atoms with Crippen LogP contribution in [0.5, 0.6) is 0 Å². The zero-order valence-corrected chi connectivity index (χ0v) is 15.2. The number of aromatic nitrogens is 1.